The van der Waals surface area contributed by atoms with E-state index in [1.54, 1.807) is 13.0 Å². The van der Waals surface area contributed by atoms with Gasteiger partial charge in [-0.15, -0.1) is 0 Å². The molecule has 6 rings (SSSR count). The van der Waals surface area contributed by atoms with Crippen LogP contribution >= 0.6 is 0 Å². The van der Waals surface area contributed by atoms with Crippen molar-refractivity contribution in [1.29, 1.82) is 0 Å². The fraction of sp³-hybridized carbons (Fsp3) is 0.467. The lowest BCUT2D eigenvalue weighted by molar-refractivity contribution is 0.0950. The molecule has 2 aliphatic carbocycles. The number of nitrogens with one attached hydrogen (secondary N) is 2. The van der Waals surface area contributed by atoms with Crippen molar-refractivity contribution >= 4 is 16.7 Å². The van der Waals surface area contributed by atoms with Crippen LogP contribution in [0.4, 0.5) is 4.39 Å². The summed E-state index contributed by atoms with van der Waals surface area (Å²) < 4.78 is 16.9. The van der Waals surface area contributed by atoms with E-state index >= 15 is 0 Å². The number of hydrogen-bond donors (Lipinski definition) is 2. The molecule has 37 heavy (non-hydrogen) atoms. The van der Waals surface area contributed by atoms with Crippen LogP contribution in [-0.2, 0) is 13.1 Å². The van der Waals surface area contributed by atoms with Crippen LogP contribution in [0, 0.1) is 18.7 Å². The number of fused-ring (bicyclic) bond motifs is 1. The maximum atomic E-state index is 15.0. The number of carbonyl (C=O) groups excluding carboxylic acids is 1. The Morgan fingerprint density at radius 2 is 1.95 bits per heavy atom. The van der Waals surface area contributed by atoms with Gasteiger partial charge in [-0.2, -0.15) is 0 Å². The fourth-order valence-electron chi connectivity index (χ4n) is 5.48. The minimum Gasteiger partial charge on any atom is -0.349 e. The van der Waals surface area contributed by atoms with E-state index in [9.17, 15) is 14.0 Å². The van der Waals surface area contributed by atoms with Crippen LogP contribution in [0.1, 0.15) is 54.1 Å². The highest BCUT2D eigenvalue weighted by atomic mass is 19.1. The predicted octanol–water partition coefficient (Wildman–Crippen LogP) is 4.21. The highest BCUT2D eigenvalue weighted by Crippen LogP contribution is 2.33. The molecular formula is C30H35FN4O2. The van der Waals surface area contributed by atoms with Crippen molar-refractivity contribution in [2.75, 3.05) is 19.6 Å². The van der Waals surface area contributed by atoms with Crippen molar-refractivity contribution < 1.29 is 9.18 Å². The van der Waals surface area contributed by atoms with Crippen molar-refractivity contribution in [1.82, 2.24) is 20.1 Å². The lowest BCUT2D eigenvalue weighted by Crippen LogP contribution is -2.48. The SMILES string of the molecule is Cc1c(F)cc(C(=O)NC2CC2)cc1-c1ccc2c(=O)n(CC3CC3)cc(CN3CCN[C@H](C)C3)c2c1. The Kier molecular flexibility index (Phi) is 6.37. The van der Waals surface area contributed by atoms with Crippen LogP contribution < -0.4 is 16.2 Å². The van der Waals surface area contributed by atoms with E-state index in [1.807, 2.05) is 29.0 Å². The van der Waals surface area contributed by atoms with Crippen molar-refractivity contribution in [3.63, 3.8) is 0 Å². The fourth-order valence-corrected chi connectivity index (χ4v) is 5.48. The van der Waals surface area contributed by atoms with Crippen LogP contribution in [0.15, 0.2) is 41.3 Å². The molecule has 0 radical (unpaired) electrons. The lowest BCUT2D eigenvalue weighted by atomic mass is 9.94. The molecule has 194 valence electrons. The van der Waals surface area contributed by atoms with E-state index in [4.69, 9.17) is 0 Å². The monoisotopic (exact) mass is 502 g/mol. The quantitative estimate of drug-likeness (QED) is 0.508. The molecule has 7 heteroatoms. The number of halogens is 1. The Balaban J connectivity index is 1.43. The van der Waals surface area contributed by atoms with Gasteiger partial charge in [-0.1, -0.05) is 6.07 Å². The summed E-state index contributed by atoms with van der Waals surface area (Å²) >= 11 is 0. The molecule has 3 aromatic rings. The van der Waals surface area contributed by atoms with Crippen molar-refractivity contribution in [3.05, 3.63) is 69.4 Å². The van der Waals surface area contributed by atoms with Gasteiger partial charge in [0.1, 0.15) is 5.82 Å². The summed E-state index contributed by atoms with van der Waals surface area (Å²) in [7, 11) is 0. The molecule has 2 N–H and O–H groups in total. The van der Waals surface area contributed by atoms with E-state index in [2.05, 4.69) is 22.5 Å². The third kappa shape index (κ3) is 5.20. The standard InChI is InChI=1S/C30H35FN4O2/c1-18-14-34(10-9-32-18)16-23-17-35(15-20-3-4-20)30(37)25-8-5-21(11-27(23)25)26-12-22(13-28(31)19(26)2)29(36)33-24-6-7-24/h5,8,11-13,17-18,20,24,32H,3-4,6-7,9-10,14-16H2,1-2H3,(H,33,36)/t18-/m1/s1. The molecule has 1 aliphatic heterocycles. The number of rotatable bonds is 7. The first-order valence-corrected chi connectivity index (χ1v) is 13.6. The summed E-state index contributed by atoms with van der Waals surface area (Å²) in [5.74, 6) is -0.0371. The number of nitrogens with zero attached hydrogens (tertiary/aromatic N) is 2. The third-order valence-corrected chi connectivity index (χ3v) is 8.00. The first-order valence-electron chi connectivity index (χ1n) is 13.6. The Morgan fingerprint density at radius 3 is 2.68 bits per heavy atom. The summed E-state index contributed by atoms with van der Waals surface area (Å²) in [5.41, 5.74) is 3.49. The largest absolute Gasteiger partial charge is 0.349 e. The number of aromatic nitrogens is 1. The molecule has 2 saturated carbocycles. The zero-order valence-electron chi connectivity index (χ0n) is 21.6. The molecule has 1 atom stereocenters. The molecule has 0 unspecified atom stereocenters. The second-order valence-corrected chi connectivity index (χ2v) is 11.3. The molecule has 1 amide bonds. The van der Waals surface area contributed by atoms with Crippen LogP contribution in [0.3, 0.4) is 0 Å². The van der Waals surface area contributed by atoms with Gasteiger partial charge in [-0.05, 0) is 97.4 Å². The number of benzene rings is 2. The summed E-state index contributed by atoms with van der Waals surface area (Å²) in [6.45, 7) is 8.31. The number of pyridine rings is 1. The van der Waals surface area contributed by atoms with Crippen LogP contribution in [-0.4, -0.2) is 47.1 Å². The summed E-state index contributed by atoms with van der Waals surface area (Å²) in [6.07, 6.45) is 6.37. The Bertz CT molecular complexity index is 1420. The molecule has 3 fully saturated rings. The van der Waals surface area contributed by atoms with Gasteiger partial charge in [0.15, 0.2) is 0 Å². The second kappa shape index (κ2) is 9.69. The number of piperazine rings is 1. The molecule has 6 nitrogen and oxygen atoms in total. The third-order valence-electron chi connectivity index (χ3n) is 8.00. The normalized spacial score (nSPS) is 20.4. The topological polar surface area (TPSA) is 66.4 Å². The van der Waals surface area contributed by atoms with Crippen molar-refractivity contribution in [2.24, 2.45) is 5.92 Å². The highest BCUT2D eigenvalue weighted by Gasteiger charge is 2.26. The molecule has 1 aromatic heterocycles. The smallest absolute Gasteiger partial charge is 0.258 e. The van der Waals surface area contributed by atoms with Gasteiger partial charge in [0, 0.05) is 62.0 Å². The van der Waals surface area contributed by atoms with E-state index in [-0.39, 0.29) is 17.5 Å². The minimum absolute atomic E-state index is 0.0337. The molecule has 2 heterocycles. The van der Waals surface area contributed by atoms with Crippen LogP contribution in [0.2, 0.25) is 0 Å². The number of carbonyl (C=O) groups is 1. The number of amides is 1. The Labute approximate surface area is 216 Å². The average Bonchev–Trinajstić information content (AvgIpc) is 3.81. The maximum absolute atomic E-state index is 15.0. The second-order valence-electron chi connectivity index (χ2n) is 11.3. The van der Waals surface area contributed by atoms with E-state index < -0.39 is 5.82 Å². The maximum Gasteiger partial charge on any atom is 0.258 e. The van der Waals surface area contributed by atoms with Gasteiger partial charge in [0.25, 0.3) is 11.5 Å². The summed E-state index contributed by atoms with van der Waals surface area (Å²) in [4.78, 5) is 28.6. The first kappa shape index (κ1) is 24.3. The van der Waals surface area contributed by atoms with Gasteiger partial charge >= 0.3 is 0 Å². The van der Waals surface area contributed by atoms with Gasteiger partial charge in [-0.25, -0.2) is 4.39 Å². The lowest BCUT2D eigenvalue weighted by Gasteiger charge is -2.32. The molecule has 3 aliphatic rings. The zero-order valence-corrected chi connectivity index (χ0v) is 21.6. The highest BCUT2D eigenvalue weighted by molar-refractivity contribution is 5.97. The van der Waals surface area contributed by atoms with E-state index in [0.717, 1.165) is 62.1 Å². The van der Waals surface area contributed by atoms with Gasteiger partial charge < -0.3 is 15.2 Å². The van der Waals surface area contributed by atoms with Crippen molar-refractivity contribution in [3.8, 4) is 11.1 Å². The summed E-state index contributed by atoms with van der Waals surface area (Å²) in [5, 5.41) is 8.06. The molecule has 2 aromatic carbocycles. The molecular weight excluding hydrogens is 467 g/mol. The Morgan fingerprint density at radius 1 is 1.14 bits per heavy atom. The van der Waals surface area contributed by atoms with Crippen LogP contribution in [0.25, 0.3) is 21.9 Å². The van der Waals surface area contributed by atoms with E-state index in [1.165, 1.54) is 18.9 Å². The minimum atomic E-state index is -0.395. The predicted molar refractivity (Wildman–Crippen MR) is 144 cm³/mol. The number of hydrogen-bond acceptors (Lipinski definition) is 4. The Hall–Kier alpha value is -3.03. The summed E-state index contributed by atoms with van der Waals surface area (Å²) in [6, 6.07) is 9.52. The van der Waals surface area contributed by atoms with E-state index in [0.29, 0.717) is 34.0 Å². The molecule has 0 bridgehead atoms. The van der Waals surface area contributed by atoms with Gasteiger partial charge in [0.2, 0.25) is 0 Å². The zero-order chi connectivity index (χ0) is 25.7. The van der Waals surface area contributed by atoms with Crippen LogP contribution in [0.5, 0.6) is 0 Å². The molecule has 0 spiro atoms. The van der Waals surface area contributed by atoms with Crippen molar-refractivity contribution in [2.45, 2.75) is 64.7 Å². The average molecular weight is 503 g/mol. The first-order chi connectivity index (χ1) is 17.9. The van der Waals surface area contributed by atoms with Gasteiger partial charge in [0.05, 0.1) is 0 Å². The molecule has 1 saturated heterocycles. The van der Waals surface area contributed by atoms with Gasteiger partial charge in [-0.3, -0.25) is 14.5 Å².